The number of benzene rings is 2. The fourth-order valence-corrected chi connectivity index (χ4v) is 2.45. The zero-order valence-electron chi connectivity index (χ0n) is 10.9. The molecule has 0 bridgehead atoms. The largest absolute Gasteiger partial charge is 0.459 e. The van der Waals surface area contributed by atoms with Crippen LogP contribution in [0.4, 0.5) is 4.39 Å². The van der Waals surface area contributed by atoms with Gasteiger partial charge in [-0.2, -0.15) is 0 Å². The third-order valence-electron chi connectivity index (χ3n) is 3.30. The molecule has 0 spiro atoms. The van der Waals surface area contributed by atoms with Crippen LogP contribution in [0, 0.1) is 12.7 Å². The van der Waals surface area contributed by atoms with Gasteiger partial charge in [0.1, 0.15) is 17.2 Å². The van der Waals surface area contributed by atoms with E-state index in [1.54, 1.807) is 12.1 Å². The van der Waals surface area contributed by atoms with Crippen molar-refractivity contribution in [2.45, 2.75) is 13.0 Å². The molecule has 4 heteroatoms. The van der Waals surface area contributed by atoms with Crippen molar-refractivity contribution in [3.8, 4) is 0 Å². The molecule has 0 saturated heterocycles. The second-order valence-electron chi connectivity index (χ2n) is 4.84. The normalized spacial score (nSPS) is 12.8. The van der Waals surface area contributed by atoms with Gasteiger partial charge in [-0.15, -0.1) is 0 Å². The summed E-state index contributed by atoms with van der Waals surface area (Å²) in [6, 6.07) is 12.2. The minimum atomic E-state index is -0.481. The summed E-state index contributed by atoms with van der Waals surface area (Å²) in [5.74, 6) is 0.303. The molecule has 1 atom stereocenters. The van der Waals surface area contributed by atoms with E-state index in [0.717, 1.165) is 16.5 Å². The lowest BCUT2D eigenvalue weighted by Gasteiger charge is -2.09. The lowest BCUT2D eigenvalue weighted by molar-refractivity contribution is 0.523. The summed E-state index contributed by atoms with van der Waals surface area (Å²) < 4.78 is 19.8. The van der Waals surface area contributed by atoms with Crippen LogP contribution in [0.5, 0.6) is 0 Å². The molecule has 1 heterocycles. The maximum atomic E-state index is 13.6. The van der Waals surface area contributed by atoms with Crippen molar-refractivity contribution >= 4 is 26.9 Å². The Bertz CT molecular complexity index is 781. The standard InChI is InChI=1S/C16H13BrFNO/c1-9-2-5-14-11(6-9)8-15(20-14)16(19)10-3-4-12(17)13(18)7-10/h2-8,16H,19H2,1H3. The van der Waals surface area contributed by atoms with Crippen molar-refractivity contribution in [2.75, 3.05) is 0 Å². The zero-order chi connectivity index (χ0) is 14.3. The number of aryl methyl sites for hydroxylation is 1. The van der Waals surface area contributed by atoms with Crippen LogP contribution < -0.4 is 5.73 Å². The first-order valence-electron chi connectivity index (χ1n) is 6.25. The van der Waals surface area contributed by atoms with Crippen LogP contribution in [-0.4, -0.2) is 0 Å². The summed E-state index contributed by atoms with van der Waals surface area (Å²) in [6.45, 7) is 2.02. The van der Waals surface area contributed by atoms with Crippen molar-refractivity contribution in [3.63, 3.8) is 0 Å². The minimum absolute atomic E-state index is 0.329. The van der Waals surface area contributed by atoms with Gasteiger partial charge in [-0.25, -0.2) is 4.39 Å². The van der Waals surface area contributed by atoms with Gasteiger partial charge in [0.25, 0.3) is 0 Å². The third kappa shape index (κ3) is 2.37. The molecule has 20 heavy (non-hydrogen) atoms. The second kappa shape index (κ2) is 5.04. The molecule has 3 aromatic rings. The number of hydrogen-bond acceptors (Lipinski definition) is 2. The van der Waals surface area contributed by atoms with E-state index in [9.17, 15) is 4.39 Å². The number of hydrogen-bond donors (Lipinski definition) is 1. The van der Waals surface area contributed by atoms with Crippen LogP contribution in [0.25, 0.3) is 11.0 Å². The lowest BCUT2D eigenvalue weighted by atomic mass is 10.0. The Balaban J connectivity index is 2.02. The third-order valence-corrected chi connectivity index (χ3v) is 3.94. The summed E-state index contributed by atoms with van der Waals surface area (Å²) in [5.41, 5.74) is 8.79. The molecular weight excluding hydrogens is 321 g/mol. The fourth-order valence-electron chi connectivity index (χ4n) is 2.21. The summed E-state index contributed by atoms with van der Waals surface area (Å²) >= 11 is 3.13. The highest BCUT2D eigenvalue weighted by Crippen LogP contribution is 2.28. The Morgan fingerprint density at radius 1 is 1.15 bits per heavy atom. The van der Waals surface area contributed by atoms with Crippen molar-refractivity contribution in [1.29, 1.82) is 0 Å². The molecule has 0 radical (unpaired) electrons. The first kappa shape index (κ1) is 13.3. The zero-order valence-corrected chi connectivity index (χ0v) is 12.4. The average Bonchev–Trinajstić information content (AvgIpc) is 2.84. The molecule has 2 nitrogen and oxygen atoms in total. The molecule has 1 aromatic heterocycles. The molecule has 0 amide bonds. The van der Waals surface area contributed by atoms with Crippen LogP contribution in [0.15, 0.2) is 51.4 Å². The molecule has 0 fully saturated rings. The van der Waals surface area contributed by atoms with Gasteiger partial charge >= 0.3 is 0 Å². The first-order valence-corrected chi connectivity index (χ1v) is 7.04. The summed E-state index contributed by atoms with van der Waals surface area (Å²) in [6.07, 6.45) is 0. The van der Waals surface area contributed by atoms with E-state index < -0.39 is 6.04 Å². The maximum Gasteiger partial charge on any atom is 0.137 e. The summed E-state index contributed by atoms with van der Waals surface area (Å²) in [5, 5.41) is 1.01. The molecule has 3 rings (SSSR count). The Kier molecular flexibility index (Phi) is 3.36. The Morgan fingerprint density at radius 3 is 2.70 bits per heavy atom. The quantitative estimate of drug-likeness (QED) is 0.738. The Morgan fingerprint density at radius 2 is 1.95 bits per heavy atom. The van der Waals surface area contributed by atoms with Gasteiger partial charge in [-0.05, 0) is 58.7 Å². The van der Waals surface area contributed by atoms with E-state index in [1.807, 2.05) is 31.2 Å². The second-order valence-corrected chi connectivity index (χ2v) is 5.70. The van der Waals surface area contributed by atoms with Gasteiger partial charge in [-0.3, -0.25) is 0 Å². The number of rotatable bonds is 2. The number of halogens is 2. The fraction of sp³-hybridized carbons (Fsp3) is 0.125. The Labute approximate surface area is 124 Å². The smallest absolute Gasteiger partial charge is 0.137 e. The van der Waals surface area contributed by atoms with Crippen LogP contribution in [0.2, 0.25) is 0 Å². The van der Waals surface area contributed by atoms with Crippen LogP contribution in [0.3, 0.4) is 0 Å². The number of furan rings is 1. The topological polar surface area (TPSA) is 39.2 Å². The van der Waals surface area contributed by atoms with E-state index in [0.29, 0.717) is 15.8 Å². The minimum Gasteiger partial charge on any atom is -0.459 e. The van der Waals surface area contributed by atoms with Crippen LogP contribution in [-0.2, 0) is 0 Å². The van der Waals surface area contributed by atoms with Crippen LogP contribution in [0.1, 0.15) is 22.9 Å². The van der Waals surface area contributed by atoms with Gasteiger partial charge in [0.15, 0.2) is 0 Å². The average molecular weight is 334 g/mol. The van der Waals surface area contributed by atoms with E-state index in [-0.39, 0.29) is 5.82 Å². The predicted molar refractivity (Wildman–Crippen MR) is 81.1 cm³/mol. The van der Waals surface area contributed by atoms with E-state index in [4.69, 9.17) is 10.2 Å². The maximum absolute atomic E-state index is 13.6. The highest BCUT2D eigenvalue weighted by atomic mass is 79.9. The summed E-state index contributed by atoms with van der Waals surface area (Å²) in [7, 11) is 0. The van der Waals surface area contributed by atoms with Crippen molar-refractivity contribution in [1.82, 2.24) is 0 Å². The van der Waals surface area contributed by atoms with Crippen LogP contribution >= 0.6 is 15.9 Å². The highest BCUT2D eigenvalue weighted by molar-refractivity contribution is 9.10. The van der Waals surface area contributed by atoms with Gasteiger partial charge in [0, 0.05) is 5.39 Å². The van der Waals surface area contributed by atoms with Gasteiger partial charge in [0.2, 0.25) is 0 Å². The molecule has 0 aliphatic rings. The molecule has 0 aliphatic heterocycles. The van der Waals surface area contributed by atoms with Gasteiger partial charge < -0.3 is 10.2 Å². The van der Waals surface area contributed by atoms with E-state index in [1.165, 1.54) is 6.07 Å². The molecule has 0 saturated carbocycles. The monoisotopic (exact) mass is 333 g/mol. The summed E-state index contributed by atoms with van der Waals surface area (Å²) in [4.78, 5) is 0. The predicted octanol–water partition coefficient (Wildman–Crippen LogP) is 4.69. The molecular formula is C16H13BrFNO. The molecule has 2 aromatic carbocycles. The van der Waals surface area contributed by atoms with Gasteiger partial charge in [-0.1, -0.05) is 17.7 Å². The first-order chi connectivity index (χ1) is 9.54. The van der Waals surface area contributed by atoms with Gasteiger partial charge in [0.05, 0.1) is 10.5 Å². The molecule has 0 aliphatic carbocycles. The number of nitrogens with two attached hydrogens (primary N) is 1. The highest BCUT2D eigenvalue weighted by Gasteiger charge is 2.15. The molecule has 2 N–H and O–H groups in total. The molecule has 102 valence electrons. The lowest BCUT2D eigenvalue weighted by Crippen LogP contribution is -2.11. The van der Waals surface area contributed by atoms with E-state index in [2.05, 4.69) is 15.9 Å². The van der Waals surface area contributed by atoms with E-state index >= 15 is 0 Å². The molecule has 1 unspecified atom stereocenters. The van der Waals surface area contributed by atoms with Crippen molar-refractivity contribution < 1.29 is 8.81 Å². The SMILES string of the molecule is Cc1ccc2oc(C(N)c3ccc(Br)c(F)c3)cc2c1. The Hall–Kier alpha value is -1.65. The number of fused-ring (bicyclic) bond motifs is 1. The van der Waals surface area contributed by atoms with Crippen molar-refractivity contribution in [3.05, 3.63) is 69.6 Å². The van der Waals surface area contributed by atoms with Crippen molar-refractivity contribution in [2.24, 2.45) is 5.73 Å².